The van der Waals surface area contributed by atoms with Crippen molar-refractivity contribution in [3.8, 4) is 5.75 Å². The SMILES string of the molecule is CCC(C)c1ccc(OC(OC)C(OC)c2ccccc2)cc1. The van der Waals surface area contributed by atoms with E-state index in [0.717, 1.165) is 17.7 Å². The molecule has 0 aliphatic heterocycles. The molecule has 23 heavy (non-hydrogen) atoms. The molecule has 0 saturated carbocycles. The first-order valence-electron chi connectivity index (χ1n) is 8.06. The topological polar surface area (TPSA) is 27.7 Å². The average molecular weight is 314 g/mol. The van der Waals surface area contributed by atoms with Crippen LogP contribution >= 0.6 is 0 Å². The summed E-state index contributed by atoms with van der Waals surface area (Å²) in [5, 5.41) is 0. The van der Waals surface area contributed by atoms with Crippen LogP contribution in [0.2, 0.25) is 0 Å². The molecule has 0 bridgehead atoms. The van der Waals surface area contributed by atoms with E-state index in [4.69, 9.17) is 14.2 Å². The van der Waals surface area contributed by atoms with Crippen LogP contribution in [0, 0.1) is 0 Å². The number of rotatable bonds is 8. The van der Waals surface area contributed by atoms with E-state index in [1.165, 1.54) is 5.56 Å². The molecule has 0 N–H and O–H groups in total. The van der Waals surface area contributed by atoms with Gasteiger partial charge in [0, 0.05) is 14.2 Å². The van der Waals surface area contributed by atoms with Crippen LogP contribution in [0.3, 0.4) is 0 Å². The van der Waals surface area contributed by atoms with Crippen molar-refractivity contribution >= 4 is 0 Å². The highest BCUT2D eigenvalue weighted by Gasteiger charge is 2.24. The maximum atomic E-state index is 5.99. The minimum absolute atomic E-state index is 0.282. The van der Waals surface area contributed by atoms with Gasteiger partial charge in [-0.2, -0.15) is 0 Å². The quantitative estimate of drug-likeness (QED) is 0.646. The van der Waals surface area contributed by atoms with E-state index in [1.807, 2.05) is 42.5 Å². The lowest BCUT2D eigenvalue weighted by Crippen LogP contribution is -2.28. The zero-order chi connectivity index (χ0) is 16.7. The van der Waals surface area contributed by atoms with Gasteiger partial charge in [-0.15, -0.1) is 0 Å². The highest BCUT2D eigenvalue weighted by molar-refractivity contribution is 5.29. The van der Waals surface area contributed by atoms with E-state index in [-0.39, 0.29) is 6.10 Å². The largest absolute Gasteiger partial charge is 0.462 e. The molecular formula is C20H26O3. The normalized spacial score (nSPS) is 15.0. The second kappa shape index (κ2) is 8.70. The van der Waals surface area contributed by atoms with Crippen LogP contribution in [0.15, 0.2) is 54.6 Å². The van der Waals surface area contributed by atoms with Crippen molar-refractivity contribution in [3.05, 3.63) is 65.7 Å². The number of hydrogen-bond donors (Lipinski definition) is 0. The molecule has 0 radical (unpaired) electrons. The van der Waals surface area contributed by atoms with Crippen molar-refractivity contribution in [2.75, 3.05) is 14.2 Å². The summed E-state index contributed by atoms with van der Waals surface area (Å²) < 4.78 is 17.1. The Labute approximate surface area is 139 Å². The van der Waals surface area contributed by atoms with Crippen molar-refractivity contribution < 1.29 is 14.2 Å². The molecule has 0 aliphatic rings. The first-order valence-corrected chi connectivity index (χ1v) is 8.06. The predicted molar refractivity (Wildman–Crippen MR) is 92.8 cm³/mol. The van der Waals surface area contributed by atoms with Gasteiger partial charge in [-0.25, -0.2) is 0 Å². The third kappa shape index (κ3) is 4.57. The molecule has 124 valence electrons. The summed E-state index contributed by atoms with van der Waals surface area (Å²) in [4.78, 5) is 0. The molecule has 0 amide bonds. The molecule has 0 aliphatic carbocycles. The van der Waals surface area contributed by atoms with E-state index in [0.29, 0.717) is 5.92 Å². The standard InChI is InChI=1S/C20H26O3/c1-5-15(2)16-11-13-18(14-12-16)23-20(22-4)19(21-3)17-9-7-6-8-10-17/h6-15,19-20H,5H2,1-4H3. The summed E-state index contributed by atoms with van der Waals surface area (Å²) >= 11 is 0. The molecule has 0 aromatic heterocycles. The predicted octanol–water partition coefficient (Wildman–Crippen LogP) is 4.94. The highest BCUT2D eigenvalue weighted by atomic mass is 16.7. The van der Waals surface area contributed by atoms with Gasteiger partial charge in [0.1, 0.15) is 11.9 Å². The molecule has 0 fully saturated rings. The summed E-state index contributed by atoms with van der Waals surface area (Å²) in [5.74, 6) is 1.33. The smallest absolute Gasteiger partial charge is 0.230 e. The lowest BCUT2D eigenvalue weighted by Gasteiger charge is -2.26. The Kier molecular flexibility index (Phi) is 6.63. The number of methoxy groups -OCH3 is 2. The van der Waals surface area contributed by atoms with Crippen LogP contribution < -0.4 is 4.74 Å². The molecule has 2 rings (SSSR count). The van der Waals surface area contributed by atoms with Gasteiger partial charge in [0.05, 0.1) is 0 Å². The summed E-state index contributed by atoms with van der Waals surface area (Å²) in [6.45, 7) is 4.42. The van der Waals surface area contributed by atoms with Crippen LogP contribution in [0.4, 0.5) is 0 Å². The van der Waals surface area contributed by atoms with Gasteiger partial charge in [0.15, 0.2) is 0 Å². The van der Waals surface area contributed by atoms with Gasteiger partial charge in [-0.1, -0.05) is 56.3 Å². The average Bonchev–Trinajstić information content (AvgIpc) is 2.62. The summed E-state index contributed by atoms with van der Waals surface area (Å²) in [7, 11) is 3.30. The lowest BCUT2D eigenvalue weighted by atomic mass is 9.99. The van der Waals surface area contributed by atoms with E-state index in [9.17, 15) is 0 Å². The summed E-state index contributed by atoms with van der Waals surface area (Å²) in [6.07, 6.45) is 0.341. The Morgan fingerprint density at radius 1 is 0.826 bits per heavy atom. The Balaban J connectivity index is 2.12. The van der Waals surface area contributed by atoms with Crippen LogP contribution in [0.5, 0.6) is 5.75 Å². The molecule has 0 saturated heterocycles. The fourth-order valence-electron chi connectivity index (χ4n) is 2.53. The monoisotopic (exact) mass is 314 g/mol. The van der Waals surface area contributed by atoms with Gasteiger partial charge in [0.2, 0.25) is 6.29 Å². The van der Waals surface area contributed by atoms with E-state index >= 15 is 0 Å². The second-order valence-electron chi connectivity index (χ2n) is 5.67. The van der Waals surface area contributed by atoms with Gasteiger partial charge in [-0.3, -0.25) is 0 Å². The third-order valence-electron chi connectivity index (χ3n) is 4.18. The van der Waals surface area contributed by atoms with Crippen LogP contribution in [-0.2, 0) is 9.47 Å². The highest BCUT2D eigenvalue weighted by Crippen LogP contribution is 2.27. The molecule has 2 aromatic carbocycles. The Hall–Kier alpha value is -1.84. The maximum absolute atomic E-state index is 5.99. The molecule has 3 unspecified atom stereocenters. The molecule has 3 nitrogen and oxygen atoms in total. The first kappa shape index (κ1) is 17.5. The molecule has 0 spiro atoms. The van der Waals surface area contributed by atoms with Gasteiger partial charge >= 0.3 is 0 Å². The van der Waals surface area contributed by atoms with Gasteiger partial charge < -0.3 is 14.2 Å². The van der Waals surface area contributed by atoms with Crippen molar-refractivity contribution in [2.24, 2.45) is 0 Å². The van der Waals surface area contributed by atoms with E-state index in [2.05, 4.69) is 26.0 Å². The number of ether oxygens (including phenoxy) is 3. The molecule has 2 aromatic rings. The van der Waals surface area contributed by atoms with Crippen LogP contribution in [-0.4, -0.2) is 20.5 Å². The second-order valence-corrected chi connectivity index (χ2v) is 5.67. The maximum Gasteiger partial charge on any atom is 0.230 e. The minimum Gasteiger partial charge on any atom is -0.462 e. The van der Waals surface area contributed by atoms with Crippen LogP contribution in [0.1, 0.15) is 43.4 Å². The summed E-state index contributed by atoms with van der Waals surface area (Å²) in [5.41, 5.74) is 2.35. The summed E-state index contributed by atoms with van der Waals surface area (Å²) in [6, 6.07) is 18.2. The van der Waals surface area contributed by atoms with Crippen molar-refractivity contribution in [2.45, 2.75) is 38.6 Å². The Bertz CT molecular complexity index is 565. The van der Waals surface area contributed by atoms with Gasteiger partial charge in [0.25, 0.3) is 0 Å². The number of benzene rings is 2. The molecule has 3 atom stereocenters. The van der Waals surface area contributed by atoms with Crippen molar-refractivity contribution in [1.29, 1.82) is 0 Å². The Morgan fingerprint density at radius 3 is 2.00 bits per heavy atom. The van der Waals surface area contributed by atoms with Crippen LogP contribution in [0.25, 0.3) is 0 Å². The fraction of sp³-hybridized carbons (Fsp3) is 0.400. The minimum atomic E-state index is -0.503. The van der Waals surface area contributed by atoms with E-state index in [1.54, 1.807) is 14.2 Å². The number of hydrogen-bond acceptors (Lipinski definition) is 3. The Morgan fingerprint density at radius 2 is 1.48 bits per heavy atom. The van der Waals surface area contributed by atoms with Crippen molar-refractivity contribution in [3.63, 3.8) is 0 Å². The zero-order valence-corrected chi connectivity index (χ0v) is 14.4. The zero-order valence-electron chi connectivity index (χ0n) is 14.4. The van der Waals surface area contributed by atoms with E-state index < -0.39 is 6.29 Å². The fourth-order valence-corrected chi connectivity index (χ4v) is 2.53. The molecule has 3 heteroatoms. The molecular weight excluding hydrogens is 288 g/mol. The van der Waals surface area contributed by atoms with Crippen molar-refractivity contribution in [1.82, 2.24) is 0 Å². The third-order valence-corrected chi connectivity index (χ3v) is 4.18. The van der Waals surface area contributed by atoms with Gasteiger partial charge in [-0.05, 0) is 35.6 Å². The lowest BCUT2D eigenvalue weighted by molar-refractivity contribution is -0.141. The first-order chi connectivity index (χ1) is 11.2. The molecule has 0 heterocycles.